The van der Waals surface area contributed by atoms with E-state index in [2.05, 4.69) is 13.8 Å². The third-order valence-electron chi connectivity index (χ3n) is 5.02. The Hall–Kier alpha value is 0.543. The zero-order valence-electron chi connectivity index (χ0n) is 19.2. The molecule has 2 N–H and O–H groups in total. The predicted octanol–water partition coefficient (Wildman–Crippen LogP) is 7.80. The Morgan fingerprint density at radius 3 is 0.704 bits per heavy atom. The molecule has 0 aromatic rings. The molecule has 0 aliphatic rings. The Morgan fingerprint density at radius 2 is 0.519 bits per heavy atom. The van der Waals surface area contributed by atoms with Crippen LogP contribution in [-0.2, 0) is 19.5 Å². The average Bonchev–Trinajstić information content (AvgIpc) is 2.66. The van der Waals surface area contributed by atoms with Crippen LogP contribution in [0.5, 0.6) is 0 Å². The van der Waals surface area contributed by atoms with E-state index >= 15 is 0 Å². The van der Waals surface area contributed by atoms with Gasteiger partial charge in [-0.05, 0) is 12.8 Å². The van der Waals surface area contributed by atoms with Crippen LogP contribution in [0.4, 0.5) is 0 Å². The molecule has 0 rings (SSSR count). The maximum atomic E-state index is 8.57. The molecule has 0 fully saturated rings. The van der Waals surface area contributed by atoms with Crippen LogP contribution in [0.3, 0.4) is 0 Å². The van der Waals surface area contributed by atoms with Crippen molar-refractivity contribution in [1.82, 2.24) is 0 Å². The minimum Gasteiger partial charge on any atom is -0.396 e. The molecule has 0 saturated carbocycles. The fourth-order valence-electron chi connectivity index (χ4n) is 3.20. The first kappa shape index (κ1) is 32.2. The quantitative estimate of drug-likeness (QED) is 0.151. The van der Waals surface area contributed by atoms with E-state index in [-0.39, 0.29) is 19.5 Å². The van der Waals surface area contributed by atoms with Crippen LogP contribution < -0.4 is 0 Å². The number of hydrogen-bond donors (Lipinski definition) is 2. The van der Waals surface area contributed by atoms with Crippen molar-refractivity contribution in [3.8, 4) is 0 Å². The molecule has 0 unspecified atom stereocenters. The largest absolute Gasteiger partial charge is 0.396 e. The van der Waals surface area contributed by atoms with Crippen LogP contribution in [0.15, 0.2) is 0 Å². The van der Waals surface area contributed by atoms with Gasteiger partial charge < -0.3 is 10.2 Å². The van der Waals surface area contributed by atoms with Gasteiger partial charge in [-0.1, -0.05) is 129 Å². The SMILES string of the molecule is CCCCCCCCCCCCO.CCCCCCCCCCCCO.[Zn]. The molecule has 0 bridgehead atoms. The molecule has 0 aromatic heterocycles. The Labute approximate surface area is 185 Å². The number of hydrogen-bond acceptors (Lipinski definition) is 2. The third kappa shape index (κ3) is 37.9. The topological polar surface area (TPSA) is 40.5 Å². The molecular weight excluding hydrogens is 386 g/mol. The van der Waals surface area contributed by atoms with Gasteiger partial charge in [-0.2, -0.15) is 0 Å². The van der Waals surface area contributed by atoms with Crippen LogP contribution in [0.25, 0.3) is 0 Å². The van der Waals surface area contributed by atoms with Crippen molar-refractivity contribution >= 4 is 0 Å². The summed E-state index contributed by atoms with van der Waals surface area (Å²) in [6.07, 6.45) is 26.6. The molecule has 0 aromatic carbocycles. The summed E-state index contributed by atoms with van der Waals surface area (Å²) in [5, 5.41) is 17.1. The summed E-state index contributed by atoms with van der Waals surface area (Å²) in [5.74, 6) is 0. The van der Waals surface area contributed by atoms with Gasteiger partial charge in [0.05, 0.1) is 0 Å². The van der Waals surface area contributed by atoms with Crippen molar-refractivity contribution in [3.63, 3.8) is 0 Å². The smallest absolute Gasteiger partial charge is 0.0431 e. The summed E-state index contributed by atoms with van der Waals surface area (Å²) in [4.78, 5) is 0. The van der Waals surface area contributed by atoms with Gasteiger partial charge in [-0.25, -0.2) is 0 Å². The van der Waals surface area contributed by atoms with Crippen LogP contribution in [0.1, 0.15) is 142 Å². The molecule has 2 nitrogen and oxygen atoms in total. The Bertz CT molecular complexity index is 171. The van der Waals surface area contributed by atoms with E-state index in [0.717, 1.165) is 12.8 Å². The minimum absolute atomic E-state index is 0. The number of rotatable bonds is 20. The summed E-state index contributed by atoms with van der Waals surface area (Å²) in [7, 11) is 0. The second-order valence-corrected chi connectivity index (χ2v) is 7.81. The summed E-state index contributed by atoms with van der Waals surface area (Å²) in [6.45, 7) is 5.26. The van der Waals surface area contributed by atoms with Gasteiger partial charge in [0.1, 0.15) is 0 Å². The van der Waals surface area contributed by atoms with E-state index in [1.807, 2.05) is 0 Å². The summed E-state index contributed by atoms with van der Waals surface area (Å²) < 4.78 is 0. The van der Waals surface area contributed by atoms with E-state index in [4.69, 9.17) is 10.2 Å². The van der Waals surface area contributed by atoms with Gasteiger partial charge in [-0.15, -0.1) is 0 Å². The number of aliphatic hydroxyl groups excluding tert-OH is 2. The van der Waals surface area contributed by atoms with Gasteiger partial charge in [0, 0.05) is 32.7 Å². The van der Waals surface area contributed by atoms with E-state index in [1.165, 1.54) is 116 Å². The van der Waals surface area contributed by atoms with Gasteiger partial charge in [-0.3, -0.25) is 0 Å². The molecular formula is C24H52O2Zn. The van der Waals surface area contributed by atoms with Crippen LogP contribution in [0, 0.1) is 0 Å². The fraction of sp³-hybridized carbons (Fsp3) is 1.00. The standard InChI is InChI=1S/2C12H26O.Zn/c2*1-2-3-4-5-6-7-8-9-10-11-12-13;/h2*13H,2-12H2,1H3;. The minimum atomic E-state index is 0. The number of aliphatic hydroxyl groups is 2. The monoisotopic (exact) mass is 436 g/mol. The molecule has 0 atom stereocenters. The molecule has 3 heteroatoms. The van der Waals surface area contributed by atoms with Crippen molar-refractivity contribution in [3.05, 3.63) is 0 Å². The molecule has 0 saturated heterocycles. The van der Waals surface area contributed by atoms with Gasteiger partial charge in [0.15, 0.2) is 0 Å². The molecule has 0 aliphatic heterocycles. The molecule has 0 amide bonds. The zero-order chi connectivity index (χ0) is 19.6. The van der Waals surface area contributed by atoms with E-state index in [9.17, 15) is 0 Å². The Morgan fingerprint density at radius 1 is 0.333 bits per heavy atom. The second kappa shape index (κ2) is 34.1. The normalized spacial score (nSPS) is 10.2. The maximum absolute atomic E-state index is 8.57. The Kier molecular flexibility index (Phi) is 40.7. The molecule has 0 aliphatic carbocycles. The van der Waals surface area contributed by atoms with Crippen LogP contribution in [0.2, 0.25) is 0 Å². The first-order chi connectivity index (χ1) is 12.8. The fourth-order valence-corrected chi connectivity index (χ4v) is 3.20. The summed E-state index contributed by atoms with van der Waals surface area (Å²) >= 11 is 0. The first-order valence-electron chi connectivity index (χ1n) is 12.0. The van der Waals surface area contributed by atoms with E-state index in [1.54, 1.807) is 0 Å². The van der Waals surface area contributed by atoms with Crippen LogP contribution >= 0.6 is 0 Å². The molecule has 0 heterocycles. The molecule has 0 radical (unpaired) electrons. The van der Waals surface area contributed by atoms with E-state index in [0.29, 0.717) is 13.2 Å². The van der Waals surface area contributed by atoms with Crippen molar-refractivity contribution in [1.29, 1.82) is 0 Å². The summed E-state index contributed by atoms with van der Waals surface area (Å²) in [6, 6.07) is 0. The molecule has 27 heavy (non-hydrogen) atoms. The van der Waals surface area contributed by atoms with Gasteiger partial charge >= 0.3 is 0 Å². The molecule has 162 valence electrons. The van der Waals surface area contributed by atoms with Crippen molar-refractivity contribution in [2.75, 3.05) is 13.2 Å². The van der Waals surface area contributed by atoms with Crippen molar-refractivity contribution in [2.45, 2.75) is 142 Å². The second-order valence-electron chi connectivity index (χ2n) is 7.81. The average molecular weight is 438 g/mol. The predicted molar refractivity (Wildman–Crippen MR) is 118 cm³/mol. The zero-order valence-corrected chi connectivity index (χ0v) is 22.1. The first-order valence-corrected chi connectivity index (χ1v) is 12.0. The van der Waals surface area contributed by atoms with Gasteiger partial charge in [0.25, 0.3) is 0 Å². The summed E-state index contributed by atoms with van der Waals surface area (Å²) in [5.41, 5.74) is 0. The van der Waals surface area contributed by atoms with Crippen molar-refractivity contribution < 1.29 is 29.7 Å². The van der Waals surface area contributed by atoms with Crippen LogP contribution in [-0.4, -0.2) is 23.4 Å². The van der Waals surface area contributed by atoms with Gasteiger partial charge in [0.2, 0.25) is 0 Å². The third-order valence-corrected chi connectivity index (χ3v) is 5.02. The maximum Gasteiger partial charge on any atom is 0.0431 e. The van der Waals surface area contributed by atoms with E-state index < -0.39 is 0 Å². The number of unbranched alkanes of at least 4 members (excludes halogenated alkanes) is 18. The Balaban J connectivity index is -0.000000411. The van der Waals surface area contributed by atoms with Crippen molar-refractivity contribution in [2.24, 2.45) is 0 Å². The molecule has 0 spiro atoms.